The number of anilines is 1. The molecule has 0 spiro atoms. The van der Waals surface area contributed by atoms with Crippen molar-refractivity contribution in [2.24, 2.45) is 7.05 Å². The molecule has 146 valence electrons. The zero-order valence-corrected chi connectivity index (χ0v) is 16.3. The molecule has 0 radical (unpaired) electrons. The van der Waals surface area contributed by atoms with E-state index in [0.29, 0.717) is 6.04 Å². The third kappa shape index (κ3) is 3.25. The fourth-order valence-corrected chi connectivity index (χ4v) is 4.37. The Hall–Kier alpha value is -2.51. The SMILES string of the molecule is Cn1c([C@H]2CCCN2Cc2ccnc(N3CCOCC3)n2)nc2ccccc21. The Balaban J connectivity index is 1.38. The van der Waals surface area contributed by atoms with E-state index in [0.717, 1.165) is 68.8 Å². The molecule has 1 atom stereocenters. The van der Waals surface area contributed by atoms with Crippen LogP contribution in [-0.2, 0) is 18.3 Å². The van der Waals surface area contributed by atoms with Gasteiger partial charge in [-0.15, -0.1) is 0 Å². The topological polar surface area (TPSA) is 59.3 Å². The molecule has 0 amide bonds. The van der Waals surface area contributed by atoms with Gasteiger partial charge in [0.1, 0.15) is 5.82 Å². The molecule has 0 unspecified atom stereocenters. The highest BCUT2D eigenvalue weighted by Gasteiger charge is 2.30. The van der Waals surface area contributed by atoms with Crippen LogP contribution in [0.5, 0.6) is 0 Å². The number of fused-ring (bicyclic) bond motifs is 1. The first-order chi connectivity index (χ1) is 13.8. The summed E-state index contributed by atoms with van der Waals surface area (Å²) in [6.45, 7) is 5.10. The number of ether oxygens (including phenoxy) is 1. The second-order valence-electron chi connectivity index (χ2n) is 7.59. The van der Waals surface area contributed by atoms with Crippen molar-refractivity contribution in [2.45, 2.75) is 25.4 Å². The van der Waals surface area contributed by atoms with Gasteiger partial charge < -0.3 is 14.2 Å². The van der Waals surface area contributed by atoms with Gasteiger partial charge in [0.25, 0.3) is 0 Å². The van der Waals surface area contributed by atoms with Gasteiger partial charge in [-0.3, -0.25) is 4.90 Å². The highest BCUT2D eigenvalue weighted by Crippen LogP contribution is 2.33. The predicted molar refractivity (Wildman–Crippen MR) is 108 cm³/mol. The van der Waals surface area contributed by atoms with Crippen LogP contribution in [0.15, 0.2) is 36.5 Å². The maximum absolute atomic E-state index is 5.44. The molecule has 28 heavy (non-hydrogen) atoms. The molecule has 2 aromatic heterocycles. The third-order valence-corrected chi connectivity index (χ3v) is 5.84. The molecule has 2 saturated heterocycles. The maximum atomic E-state index is 5.44. The summed E-state index contributed by atoms with van der Waals surface area (Å²) in [5.41, 5.74) is 3.34. The summed E-state index contributed by atoms with van der Waals surface area (Å²) >= 11 is 0. The highest BCUT2D eigenvalue weighted by atomic mass is 16.5. The maximum Gasteiger partial charge on any atom is 0.225 e. The summed E-state index contributed by atoms with van der Waals surface area (Å²) in [7, 11) is 2.13. The van der Waals surface area contributed by atoms with Crippen LogP contribution in [0.3, 0.4) is 0 Å². The van der Waals surface area contributed by atoms with Crippen LogP contribution in [-0.4, -0.2) is 57.3 Å². The van der Waals surface area contributed by atoms with Crippen molar-refractivity contribution in [2.75, 3.05) is 37.7 Å². The van der Waals surface area contributed by atoms with E-state index in [1.165, 1.54) is 11.9 Å². The van der Waals surface area contributed by atoms with Gasteiger partial charge in [-0.1, -0.05) is 12.1 Å². The average molecular weight is 378 g/mol. The van der Waals surface area contributed by atoms with Crippen LogP contribution in [0.25, 0.3) is 11.0 Å². The Kier molecular flexibility index (Phi) is 4.70. The number of rotatable bonds is 4. The number of hydrogen-bond donors (Lipinski definition) is 0. The van der Waals surface area contributed by atoms with E-state index in [-0.39, 0.29) is 0 Å². The van der Waals surface area contributed by atoms with Gasteiger partial charge >= 0.3 is 0 Å². The zero-order chi connectivity index (χ0) is 18.9. The summed E-state index contributed by atoms with van der Waals surface area (Å²) < 4.78 is 7.69. The lowest BCUT2D eigenvalue weighted by atomic mass is 10.2. The molecule has 2 aliphatic rings. The molecule has 0 saturated carbocycles. The fourth-order valence-electron chi connectivity index (χ4n) is 4.37. The summed E-state index contributed by atoms with van der Waals surface area (Å²) in [6.07, 6.45) is 4.21. The lowest BCUT2D eigenvalue weighted by molar-refractivity contribution is 0.122. The molecule has 7 nitrogen and oxygen atoms in total. The molecule has 3 aromatic rings. The average Bonchev–Trinajstić information content (AvgIpc) is 3.33. The first-order valence-electron chi connectivity index (χ1n) is 10.1. The molecule has 7 heteroatoms. The summed E-state index contributed by atoms with van der Waals surface area (Å²) in [5.74, 6) is 1.97. The van der Waals surface area contributed by atoms with Crippen molar-refractivity contribution in [3.63, 3.8) is 0 Å². The van der Waals surface area contributed by atoms with Gasteiger partial charge in [-0.05, 0) is 37.6 Å². The quantitative estimate of drug-likeness (QED) is 0.695. The van der Waals surface area contributed by atoms with Crippen LogP contribution in [0.1, 0.15) is 30.4 Å². The number of morpholine rings is 1. The normalized spacial score (nSPS) is 20.9. The van der Waals surface area contributed by atoms with Crippen LogP contribution in [0.2, 0.25) is 0 Å². The Morgan fingerprint density at radius 2 is 1.93 bits per heavy atom. The largest absolute Gasteiger partial charge is 0.378 e. The smallest absolute Gasteiger partial charge is 0.225 e. The Morgan fingerprint density at radius 1 is 1.07 bits per heavy atom. The predicted octanol–water partition coefficient (Wildman–Crippen LogP) is 2.54. The standard InChI is InChI=1S/C21H26N6O/c1-25-18-6-3-2-5-17(18)24-20(25)19-7-4-10-27(19)15-16-8-9-22-21(23-16)26-11-13-28-14-12-26/h2-3,5-6,8-9,19H,4,7,10-15H2,1H3/t19-/m1/s1. The van der Waals surface area contributed by atoms with Crippen molar-refractivity contribution in [1.82, 2.24) is 24.4 Å². The van der Waals surface area contributed by atoms with Crippen molar-refractivity contribution >= 4 is 17.0 Å². The van der Waals surface area contributed by atoms with Crippen molar-refractivity contribution < 1.29 is 4.74 Å². The van der Waals surface area contributed by atoms with Crippen molar-refractivity contribution in [3.05, 3.63) is 48.0 Å². The molecule has 0 N–H and O–H groups in total. The van der Waals surface area contributed by atoms with E-state index in [4.69, 9.17) is 14.7 Å². The minimum Gasteiger partial charge on any atom is -0.378 e. The Labute approximate surface area is 165 Å². The summed E-state index contributed by atoms with van der Waals surface area (Å²) in [4.78, 5) is 19.0. The van der Waals surface area contributed by atoms with E-state index < -0.39 is 0 Å². The molecule has 2 fully saturated rings. The molecule has 1 aromatic carbocycles. The first kappa shape index (κ1) is 17.6. The number of imidazole rings is 1. The number of hydrogen-bond acceptors (Lipinski definition) is 6. The minimum absolute atomic E-state index is 0.333. The minimum atomic E-state index is 0.333. The molecule has 0 aliphatic carbocycles. The Morgan fingerprint density at radius 3 is 2.79 bits per heavy atom. The number of aryl methyl sites for hydroxylation is 1. The lowest BCUT2D eigenvalue weighted by Gasteiger charge is -2.27. The molecular weight excluding hydrogens is 352 g/mol. The van der Waals surface area contributed by atoms with Crippen LogP contribution in [0, 0.1) is 0 Å². The zero-order valence-electron chi connectivity index (χ0n) is 16.3. The van der Waals surface area contributed by atoms with E-state index >= 15 is 0 Å². The van der Waals surface area contributed by atoms with E-state index in [1.807, 2.05) is 12.3 Å². The van der Waals surface area contributed by atoms with Gasteiger partial charge in [0.05, 0.1) is 36.0 Å². The van der Waals surface area contributed by atoms with Crippen LogP contribution < -0.4 is 4.90 Å². The Bertz CT molecular complexity index is 964. The second kappa shape index (κ2) is 7.48. The first-order valence-corrected chi connectivity index (χ1v) is 10.1. The van der Waals surface area contributed by atoms with Gasteiger partial charge in [0.2, 0.25) is 5.95 Å². The van der Waals surface area contributed by atoms with E-state index in [2.05, 4.69) is 50.7 Å². The second-order valence-corrected chi connectivity index (χ2v) is 7.59. The van der Waals surface area contributed by atoms with Gasteiger partial charge in [0, 0.05) is 32.9 Å². The van der Waals surface area contributed by atoms with E-state index in [1.54, 1.807) is 0 Å². The molecular formula is C21H26N6O. The molecule has 5 rings (SSSR count). The van der Waals surface area contributed by atoms with Crippen molar-refractivity contribution in [1.29, 1.82) is 0 Å². The van der Waals surface area contributed by atoms with Crippen LogP contribution in [0.4, 0.5) is 5.95 Å². The van der Waals surface area contributed by atoms with E-state index in [9.17, 15) is 0 Å². The highest BCUT2D eigenvalue weighted by molar-refractivity contribution is 5.75. The lowest BCUT2D eigenvalue weighted by Crippen LogP contribution is -2.37. The van der Waals surface area contributed by atoms with Crippen LogP contribution >= 0.6 is 0 Å². The fraction of sp³-hybridized carbons (Fsp3) is 0.476. The molecule has 0 bridgehead atoms. The molecule has 4 heterocycles. The summed E-state index contributed by atoms with van der Waals surface area (Å²) in [5, 5.41) is 0. The number of nitrogens with zero attached hydrogens (tertiary/aromatic N) is 6. The number of para-hydroxylation sites is 2. The van der Waals surface area contributed by atoms with Gasteiger partial charge in [-0.25, -0.2) is 15.0 Å². The van der Waals surface area contributed by atoms with Gasteiger partial charge in [0.15, 0.2) is 0 Å². The third-order valence-electron chi connectivity index (χ3n) is 5.84. The number of benzene rings is 1. The molecule has 2 aliphatic heterocycles. The number of likely N-dealkylation sites (tertiary alicyclic amines) is 1. The number of aromatic nitrogens is 4. The monoisotopic (exact) mass is 378 g/mol. The van der Waals surface area contributed by atoms with Crippen molar-refractivity contribution in [3.8, 4) is 0 Å². The van der Waals surface area contributed by atoms with Gasteiger partial charge in [-0.2, -0.15) is 0 Å². The summed E-state index contributed by atoms with van der Waals surface area (Å²) in [6, 6.07) is 10.7.